The lowest BCUT2D eigenvalue weighted by Crippen LogP contribution is -2.50. The molecule has 0 radical (unpaired) electrons. The smallest absolute Gasteiger partial charge is 0.0800 e. The van der Waals surface area contributed by atoms with Gasteiger partial charge in [-0.25, -0.2) is 0 Å². The molecule has 86 valence electrons. The Balaban J connectivity index is 1.67. The van der Waals surface area contributed by atoms with Crippen LogP contribution in [0.5, 0.6) is 0 Å². The fourth-order valence-corrected chi connectivity index (χ4v) is 4.05. The molecule has 2 nitrogen and oxygen atoms in total. The van der Waals surface area contributed by atoms with Crippen LogP contribution in [-0.2, 0) is 0 Å². The van der Waals surface area contributed by atoms with E-state index < -0.39 is 0 Å². The largest absolute Gasteiger partial charge is 0.388 e. The highest BCUT2D eigenvalue weighted by atomic mass is 16.3. The Labute approximate surface area is 92.4 Å². The van der Waals surface area contributed by atoms with Crippen molar-refractivity contribution in [2.75, 3.05) is 0 Å². The molecule has 2 saturated carbocycles. The lowest BCUT2D eigenvalue weighted by atomic mass is 9.78. The summed E-state index contributed by atoms with van der Waals surface area (Å²) in [7, 11) is 0. The summed E-state index contributed by atoms with van der Waals surface area (Å²) >= 11 is 0. The number of rotatable bonds is 1. The lowest BCUT2D eigenvalue weighted by molar-refractivity contribution is -0.0273. The molecule has 3 atom stereocenters. The van der Waals surface area contributed by atoms with Gasteiger partial charge in [0.2, 0.25) is 0 Å². The molecule has 2 N–H and O–H groups in total. The zero-order valence-electron chi connectivity index (χ0n) is 9.54. The first-order chi connectivity index (χ1) is 7.28. The third-order valence-corrected chi connectivity index (χ3v) is 4.98. The van der Waals surface area contributed by atoms with Crippen molar-refractivity contribution in [2.45, 2.75) is 75.5 Å². The molecule has 0 spiro atoms. The zero-order valence-corrected chi connectivity index (χ0v) is 9.54. The predicted molar refractivity (Wildman–Crippen MR) is 60.7 cm³/mol. The van der Waals surface area contributed by atoms with E-state index in [1.54, 1.807) is 0 Å². The Morgan fingerprint density at radius 2 is 1.80 bits per heavy atom. The van der Waals surface area contributed by atoms with Crippen molar-refractivity contribution in [1.29, 1.82) is 0 Å². The minimum Gasteiger partial charge on any atom is -0.388 e. The number of aliphatic hydroxyl groups is 1. The highest BCUT2D eigenvalue weighted by Gasteiger charge is 2.46. The zero-order chi connectivity index (χ0) is 10.3. The maximum Gasteiger partial charge on any atom is 0.0800 e. The van der Waals surface area contributed by atoms with E-state index in [1.807, 2.05) is 0 Å². The average molecular weight is 209 g/mol. The van der Waals surface area contributed by atoms with Crippen molar-refractivity contribution in [1.82, 2.24) is 5.32 Å². The summed E-state index contributed by atoms with van der Waals surface area (Å²) in [5.74, 6) is 0.876. The molecule has 0 bridgehead atoms. The Hall–Kier alpha value is -0.0800. The first-order valence-electron chi connectivity index (χ1n) is 6.76. The highest BCUT2D eigenvalue weighted by Crippen LogP contribution is 2.41. The van der Waals surface area contributed by atoms with Crippen LogP contribution in [0.4, 0.5) is 0 Å². The van der Waals surface area contributed by atoms with Crippen LogP contribution in [0.25, 0.3) is 0 Å². The molecule has 1 saturated heterocycles. The van der Waals surface area contributed by atoms with Crippen LogP contribution in [0.1, 0.15) is 57.8 Å². The van der Waals surface area contributed by atoms with E-state index in [9.17, 15) is 5.11 Å². The molecule has 0 aromatic carbocycles. The molecule has 3 rings (SSSR count). The van der Waals surface area contributed by atoms with E-state index in [2.05, 4.69) is 5.32 Å². The molecule has 2 aliphatic carbocycles. The van der Waals surface area contributed by atoms with Crippen LogP contribution < -0.4 is 5.32 Å². The van der Waals surface area contributed by atoms with Crippen LogP contribution >= 0.6 is 0 Å². The molecule has 0 unspecified atom stereocenters. The van der Waals surface area contributed by atoms with Crippen LogP contribution in [0.2, 0.25) is 0 Å². The minimum absolute atomic E-state index is 0.359. The third kappa shape index (κ3) is 1.72. The van der Waals surface area contributed by atoms with E-state index in [0.29, 0.717) is 6.04 Å². The molecular formula is C13H23NO. The minimum atomic E-state index is -0.359. The summed E-state index contributed by atoms with van der Waals surface area (Å²) in [6, 6.07) is 1.15. The molecule has 1 aliphatic heterocycles. The average Bonchev–Trinajstić information content (AvgIpc) is 2.77. The highest BCUT2D eigenvalue weighted by molar-refractivity contribution is 5.03. The van der Waals surface area contributed by atoms with Gasteiger partial charge in [-0.3, -0.25) is 0 Å². The number of hydrogen-bond acceptors (Lipinski definition) is 2. The van der Waals surface area contributed by atoms with Gasteiger partial charge in [0.25, 0.3) is 0 Å². The van der Waals surface area contributed by atoms with Gasteiger partial charge >= 0.3 is 0 Å². The van der Waals surface area contributed by atoms with Crippen LogP contribution in [0.3, 0.4) is 0 Å². The SMILES string of the molecule is OC1([C@@H]2C[C@H]3CCC[C@H]3N2)CCCCC1. The summed E-state index contributed by atoms with van der Waals surface area (Å²) in [6.07, 6.45) is 11.2. The fourth-order valence-electron chi connectivity index (χ4n) is 4.05. The second-order valence-corrected chi connectivity index (χ2v) is 5.92. The van der Waals surface area contributed by atoms with E-state index in [0.717, 1.165) is 24.8 Å². The maximum atomic E-state index is 10.7. The van der Waals surface area contributed by atoms with Gasteiger partial charge in [0, 0.05) is 12.1 Å². The Morgan fingerprint density at radius 3 is 2.53 bits per heavy atom. The van der Waals surface area contributed by atoms with Crippen molar-refractivity contribution in [2.24, 2.45) is 5.92 Å². The van der Waals surface area contributed by atoms with Crippen LogP contribution in [0, 0.1) is 5.92 Å². The molecule has 0 amide bonds. The second-order valence-electron chi connectivity index (χ2n) is 5.92. The van der Waals surface area contributed by atoms with Gasteiger partial charge in [0.1, 0.15) is 0 Å². The molecule has 15 heavy (non-hydrogen) atoms. The summed E-state index contributed by atoms with van der Waals surface area (Å²) in [6.45, 7) is 0. The maximum absolute atomic E-state index is 10.7. The fraction of sp³-hybridized carbons (Fsp3) is 1.00. The van der Waals surface area contributed by atoms with Crippen LogP contribution in [0.15, 0.2) is 0 Å². The molecular weight excluding hydrogens is 186 g/mol. The molecule has 0 aromatic rings. The topological polar surface area (TPSA) is 32.3 Å². The van der Waals surface area contributed by atoms with Crippen molar-refractivity contribution in [3.8, 4) is 0 Å². The molecule has 3 fully saturated rings. The Kier molecular flexibility index (Phi) is 2.52. The Bertz CT molecular complexity index is 223. The van der Waals surface area contributed by atoms with Crippen LogP contribution in [-0.4, -0.2) is 22.8 Å². The Morgan fingerprint density at radius 1 is 1.00 bits per heavy atom. The lowest BCUT2D eigenvalue weighted by Gasteiger charge is -2.38. The predicted octanol–water partition coefficient (Wildman–Crippen LogP) is 2.21. The molecule has 1 heterocycles. The first-order valence-corrected chi connectivity index (χ1v) is 6.76. The van der Waals surface area contributed by atoms with Gasteiger partial charge in [-0.05, 0) is 38.0 Å². The monoisotopic (exact) mass is 209 g/mol. The summed E-state index contributed by atoms with van der Waals surface area (Å²) in [4.78, 5) is 0. The van der Waals surface area contributed by atoms with Gasteiger partial charge in [-0.15, -0.1) is 0 Å². The van der Waals surface area contributed by atoms with Crippen molar-refractivity contribution in [3.63, 3.8) is 0 Å². The summed E-state index contributed by atoms with van der Waals surface area (Å²) in [5.41, 5.74) is -0.359. The normalized spacial score (nSPS) is 44.2. The van der Waals surface area contributed by atoms with E-state index in [4.69, 9.17) is 0 Å². The van der Waals surface area contributed by atoms with Crippen molar-refractivity contribution >= 4 is 0 Å². The van der Waals surface area contributed by atoms with E-state index >= 15 is 0 Å². The van der Waals surface area contributed by atoms with E-state index in [1.165, 1.54) is 44.9 Å². The van der Waals surface area contributed by atoms with Crippen molar-refractivity contribution < 1.29 is 5.11 Å². The molecule has 0 aromatic heterocycles. The summed E-state index contributed by atoms with van der Waals surface area (Å²) < 4.78 is 0. The second kappa shape index (κ2) is 3.74. The quantitative estimate of drug-likeness (QED) is 0.694. The van der Waals surface area contributed by atoms with Gasteiger partial charge in [0.05, 0.1) is 5.60 Å². The third-order valence-electron chi connectivity index (χ3n) is 4.98. The van der Waals surface area contributed by atoms with Gasteiger partial charge < -0.3 is 10.4 Å². The number of fused-ring (bicyclic) bond motifs is 1. The van der Waals surface area contributed by atoms with Gasteiger partial charge in [-0.2, -0.15) is 0 Å². The first kappa shape index (κ1) is 10.1. The van der Waals surface area contributed by atoms with Crippen molar-refractivity contribution in [3.05, 3.63) is 0 Å². The molecule has 2 heteroatoms. The molecule has 3 aliphatic rings. The van der Waals surface area contributed by atoms with E-state index in [-0.39, 0.29) is 5.60 Å². The number of hydrogen-bond donors (Lipinski definition) is 2. The van der Waals surface area contributed by atoms with Gasteiger partial charge in [-0.1, -0.05) is 25.7 Å². The number of nitrogens with one attached hydrogen (secondary N) is 1. The standard InChI is InChI=1S/C13H23NO/c15-13(7-2-1-3-8-13)12-9-10-5-4-6-11(10)14-12/h10-12,14-15H,1-9H2/t10-,11-,12+/m1/s1. The summed E-state index contributed by atoms with van der Waals surface area (Å²) in [5, 5.41) is 14.4. The van der Waals surface area contributed by atoms with Gasteiger partial charge in [0.15, 0.2) is 0 Å².